The number of hydrogen-bond acceptors (Lipinski definition) is 1. The Morgan fingerprint density at radius 3 is 2.94 bits per heavy atom. The molecule has 0 spiro atoms. The van der Waals surface area contributed by atoms with E-state index in [2.05, 4.69) is 9.97 Å². The molecule has 3 rings (SSSR count). The third-order valence-electron chi connectivity index (χ3n) is 3.76. The molecule has 1 aliphatic carbocycles. The highest BCUT2D eigenvalue weighted by Gasteiger charge is 2.15. The molecule has 1 N–H and O–H groups in total. The zero-order valence-corrected chi connectivity index (χ0v) is 10.6. The molecule has 0 atom stereocenters. The van der Waals surface area contributed by atoms with Crippen LogP contribution in [0.4, 0.5) is 0 Å². The van der Waals surface area contributed by atoms with Crippen LogP contribution >= 0.6 is 11.6 Å². The molecule has 90 valence electrons. The van der Waals surface area contributed by atoms with Crippen LogP contribution in [0.25, 0.3) is 11.0 Å². The predicted octanol–water partition coefficient (Wildman–Crippen LogP) is 4.34. The van der Waals surface area contributed by atoms with Crippen molar-refractivity contribution in [2.24, 2.45) is 5.92 Å². The van der Waals surface area contributed by atoms with Crippen LogP contribution in [-0.2, 0) is 6.42 Å². The van der Waals surface area contributed by atoms with Crippen molar-refractivity contribution in [2.45, 2.75) is 38.5 Å². The number of H-pyrrole nitrogens is 1. The van der Waals surface area contributed by atoms with Crippen molar-refractivity contribution in [3.63, 3.8) is 0 Å². The van der Waals surface area contributed by atoms with Gasteiger partial charge in [0.05, 0.1) is 11.0 Å². The molecule has 2 nitrogen and oxygen atoms in total. The first-order valence-corrected chi connectivity index (χ1v) is 6.83. The number of benzene rings is 1. The molecule has 0 saturated heterocycles. The molecule has 1 aromatic carbocycles. The third kappa shape index (κ3) is 2.47. The molecule has 0 amide bonds. The summed E-state index contributed by atoms with van der Waals surface area (Å²) >= 11 is 5.96. The van der Waals surface area contributed by atoms with Crippen molar-refractivity contribution in [2.75, 3.05) is 0 Å². The van der Waals surface area contributed by atoms with Crippen LogP contribution < -0.4 is 0 Å². The smallest absolute Gasteiger partial charge is 0.107 e. The Hall–Kier alpha value is -1.02. The predicted molar refractivity (Wildman–Crippen MR) is 71.4 cm³/mol. The summed E-state index contributed by atoms with van der Waals surface area (Å²) < 4.78 is 0. The monoisotopic (exact) mass is 248 g/mol. The van der Waals surface area contributed by atoms with Gasteiger partial charge in [0.25, 0.3) is 0 Å². The Labute approximate surface area is 106 Å². The van der Waals surface area contributed by atoms with Crippen LogP contribution in [0.3, 0.4) is 0 Å². The second kappa shape index (κ2) is 4.69. The molecule has 3 heteroatoms. The lowest BCUT2D eigenvalue weighted by atomic mass is 10.0. The summed E-state index contributed by atoms with van der Waals surface area (Å²) in [6.45, 7) is 0. The Morgan fingerprint density at radius 1 is 1.29 bits per heavy atom. The minimum Gasteiger partial charge on any atom is -0.342 e. The van der Waals surface area contributed by atoms with E-state index in [9.17, 15) is 0 Å². The summed E-state index contributed by atoms with van der Waals surface area (Å²) in [7, 11) is 0. The Balaban J connectivity index is 1.72. The first-order chi connectivity index (χ1) is 8.31. The SMILES string of the molecule is Clc1ccc2nc(CCC3CCCC3)[nH]c2c1. The van der Waals surface area contributed by atoms with Crippen molar-refractivity contribution in [3.05, 3.63) is 29.0 Å². The molecule has 1 heterocycles. The van der Waals surface area contributed by atoms with Gasteiger partial charge in [0, 0.05) is 11.4 Å². The van der Waals surface area contributed by atoms with Crippen molar-refractivity contribution in [1.29, 1.82) is 0 Å². The highest BCUT2D eigenvalue weighted by atomic mass is 35.5. The quantitative estimate of drug-likeness (QED) is 0.860. The van der Waals surface area contributed by atoms with Crippen molar-refractivity contribution < 1.29 is 0 Å². The van der Waals surface area contributed by atoms with Gasteiger partial charge in [-0.25, -0.2) is 4.98 Å². The number of halogens is 1. The first kappa shape index (κ1) is 11.1. The summed E-state index contributed by atoms with van der Waals surface area (Å²) in [5, 5.41) is 0.767. The van der Waals surface area contributed by atoms with Crippen molar-refractivity contribution >= 4 is 22.6 Å². The van der Waals surface area contributed by atoms with Crippen LogP contribution in [0, 0.1) is 5.92 Å². The molecule has 0 bridgehead atoms. The number of nitrogens with zero attached hydrogens (tertiary/aromatic N) is 1. The minimum atomic E-state index is 0.767. The van der Waals surface area contributed by atoms with E-state index in [4.69, 9.17) is 11.6 Å². The van der Waals surface area contributed by atoms with E-state index in [1.54, 1.807) is 0 Å². The lowest BCUT2D eigenvalue weighted by Gasteiger charge is -2.05. The molecule has 1 aromatic heterocycles. The van der Waals surface area contributed by atoms with Gasteiger partial charge in [-0.1, -0.05) is 37.3 Å². The second-order valence-corrected chi connectivity index (χ2v) is 5.47. The highest BCUT2D eigenvalue weighted by Crippen LogP contribution is 2.28. The largest absolute Gasteiger partial charge is 0.342 e. The van der Waals surface area contributed by atoms with E-state index < -0.39 is 0 Å². The third-order valence-corrected chi connectivity index (χ3v) is 3.99. The number of aryl methyl sites for hydroxylation is 1. The minimum absolute atomic E-state index is 0.767. The number of imidazole rings is 1. The topological polar surface area (TPSA) is 28.7 Å². The zero-order valence-electron chi connectivity index (χ0n) is 9.88. The van der Waals surface area contributed by atoms with Gasteiger partial charge >= 0.3 is 0 Å². The highest BCUT2D eigenvalue weighted by molar-refractivity contribution is 6.31. The van der Waals surface area contributed by atoms with E-state index in [0.29, 0.717) is 0 Å². The summed E-state index contributed by atoms with van der Waals surface area (Å²) in [5.41, 5.74) is 2.08. The maximum atomic E-state index is 5.96. The number of aromatic amines is 1. The van der Waals surface area contributed by atoms with Gasteiger partial charge in [0.15, 0.2) is 0 Å². The Morgan fingerprint density at radius 2 is 2.12 bits per heavy atom. The lowest BCUT2D eigenvalue weighted by molar-refractivity contribution is 0.498. The van der Waals surface area contributed by atoms with Gasteiger partial charge in [-0.05, 0) is 30.5 Å². The van der Waals surface area contributed by atoms with Crippen molar-refractivity contribution in [3.8, 4) is 0 Å². The number of aromatic nitrogens is 2. The fourth-order valence-electron chi connectivity index (χ4n) is 2.79. The molecule has 0 unspecified atom stereocenters. The van der Waals surface area contributed by atoms with Gasteiger partial charge in [-0.15, -0.1) is 0 Å². The average Bonchev–Trinajstić information content (AvgIpc) is 2.94. The van der Waals surface area contributed by atoms with Gasteiger partial charge in [-0.2, -0.15) is 0 Å². The van der Waals surface area contributed by atoms with Crippen LogP contribution in [0.5, 0.6) is 0 Å². The number of nitrogens with one attached hydrogen (secondary N) is 1. The van der Waals surface area contributed by atoms with E-state index in [1.165, 1.54) is 32.1 Å². The molecule has 2 aromatic rings. The molecule has 1 fully saturated rings. The number of hydrogen-bond donors (Lipinski definition) is 1. The summed E-state index contributed by atoms with van der Waals surface area (Å²) in [4.78, 5) is 7.97. The van der Waals surface area contributed by atoms with E-state index in [-0.39, 0.29) is 0 Å². The number of rotatable bonds is 3. The molecule has 1 saturated carbocycles. The lowest BCUT2D eigenvalue weighted by Crippen LogP contribution is -1.97. The molecule has 0 radical (unpaired) electrons. The van der Waals surface area contributed by atoms with Gasteiger partial charge in [0.1, 0.15) is 5.82 Å². The molecular formula is C14H17ClN2. The van der Waals surface area contributed by atoms with E-state index in [1.807, 2.05) is 18.2 Å². The van der Waals surface area contributed by atoms with Gasteiger partial charge in [-0.3, -0.25) is 0 Å². The van der Waals surface area contributed by atoms with Crippen molar-refractivity contribution in [1.82, 2.24) is 9.97 Å². The maximum absolute atomic E-state index is 5.96. The van der Waals surface area contributed by atoms with Crippen LogP contribution in [-0.4, -0.2) is 9.97 Å². The van der Waals surface area contributed by atoms with Gasteiger partial charge < -0.3 is 4.98 Å². The Bertz CT molecular complexity index is 512. The Kier molecular flexibility index (Phi) is 3.06. The standard InChI is InChI=1S/C14H17ClN2/c15-11-6-7-12-13(9-11)17-14(16-12)8-5-10-3-1-2-4-10/h6-7,9-10H,1-5,8H2,(H,16,17). The van der Waals surface area contributed by atoms with Crippen LogP contribution in [0.2, 0.25) is 5.02 Å². The molecular weight excluding hydrogens is 232 g/mol. The summed E-state index contributed by atoms with van der Waals surface area (Å²) in [5.74, 6) is 2.03. The summed E-state index contributed by atoms with van der Waals surface area (Å²) in [6.07, 6.45) is 7.99. The second-order valence-electron chi connectivity index (χ2n) is 5.03. The van der Waals surface area contributed by atoms with Crippen LogP contribution in [0.15, 0.2) is 18.2 Å². The zero-order chi connectivity index (χ0) is 11.7. The summed E-state index contributed by atoms with van der Waals surface area (Å²) in [6, 6.07) is 5.82. The maximum Gasteiger partial charge on any atom is 0.107 e. The van der Waals surface area contributed by atoms with Gasteiger partial charge in [0.2, 0.25) is 0 Å². The van der Waals surface area contributed by atoms with E-state index in [0.717, 1.165) is 34.2 Å². The average molecular weight is 249 g/mol. The molecule has 1 aliphatic rings. The normalized spacial score (nSPS) is 17.0. The van der Waals surface area contributed by atoms with Crippen LogP contribution in [0.1, 0.15) is 37.9 Å². The first-order valence-electron chi connectivity index (χ1n) is 6.45. The van der Waals surface area contributed by atoms with E-state index >= 15 is 0 Å². The number of fused-ring (bicyclic) bond motifs is 1. The fraction of sp³-hybridized carbons (Fsp3) is 0.500. The fourth-order valence-corrected chi connectivity index (χ4v) is 2.97. The molecule has 17 heavy (non-hydrogen) atoms. The molecule has 0 aliphatic heterocycles.